The molecule has 1 aromatic rings. The van der Waals surface area contributed by atoms with E-state index < -0.39 is 5.60 Å². The van der Waals surface area contributed by atoms with E-state index in [1.165, 1.54) is 4.90 Å². The van der Waals surface area contributed by atoms with E-state index in [4.69, 9.17) is 9.47 Å². The van der Waals surface area contributed by atoms with Crippen LogP contribution in [-0.2, 0) is 9.47 Å². The summed E-state index contributed by atoms with van der Waals surface area (Å²) in [5, 5.41) is 0. The van der Waals surface area contributed by atoms with Crippen LogP contribution in [-0.4, -0.2) is 25.9 Å². The molecule has 0 aromatic heterocycles. The van der Waals surface area contributed by atoms with Crippen molar-refractivity contribution in [3.05, 3.63) is 48.2 Å². The number of anilines is 1. The Morgan fingerprint density at radius 3 is 2.24 bits per heavy atom. The van der Waals surface area contributed by atoms with Crippen molar-refractivity contribution >= 4 is 17.9 Å². The van der Waals surface area contributed by atoms with Gasteiger partial charge in [0.15, 0.2) is 0 Å². The standard InChI is InChI=1S/C17H23NO3/c1-7-15(20-6)12-13-8-10-14(11-9-13)18(5)16(19)21-17(2,3)4/h7-12H,1H2,2-6H3. The molecule has 4 heteroatoms. The molecule has 0 saturated carbocycles. The van der Waals surface area contributed by atoms with Crippen LogP contribution in [0, 0.1) is 0 Å². The molecule has 0 heterocycles. The van der Waals surface area contributed by atoms with Crippen molar-refractivity contribution in [3.63, 3.8) is 0 Å². The predicted octanol–water partition coefficient (Wildman–Crippen LogP) is 4.23. The summed E-state index contributed by atoms with van der Waals surface area (Å²) in [5.74, 6) is 0.684. The van der Waals surface area contributed by atoms with Gasteiger partial charge < -0.3 is 9.47 Å². The van der Waals surface area contributed by atoms with Crippen molar-refractivity contribution in [2.24, 2.45) is 0 Å². The Morgan fingerprint density at radius 2 is 1.81 bits per heavy atom. The van der Waals surface area contributed by atoms with E-state index in [2.05, 4.69) is 6.58 Å². The average Bonchev–Trinajstić information content (AvgIpc) is 2.42. The van der Waals surface area contributed by atoms with Crippen molar-refractivity contribution in [1.82, 2.24) is 0 Å². The number of carbonyl (C=O) groups excluding carboxylic acids is 1. The Labute approximate surface area is 126 Å². The van der Waals surface area contributed by atoms with Gasteiger partial charge in [-0.2, -0.15) is 0 Å². The molecule has 0 fully saturated rings. The van der Waals surface area contributed by atoms with Crippen LogP contribution in [0.2, 0.25) is 0 Å². The maximum Gasteiger partial charge on any atom is 0.414 e. The van der Waals surface area contributed by atoms with Crippen LogP contribution in [0.5, 0.6) is 0 Å². The second-order valence-corrected chi connectivity index (χ2v) is 5.59. The van der Waals surface area contributed by atoms with Gasteiger partial charge in [-0.3, -0.25) is 4.90 Å². The summed E-state index contributed by atoms with van der Waals surface area (Å²) in [5.41, 5.74) is 1.22. The lowest BCUT2D eigenvalue weighted by Gasteiger charge is -2.24. The Hall–Kier alpha value is -2.23. The van der Waals surface area contributed by atoms with Gasteiger partial charge in [0.2, 0.25) is 0 Å². The maximum absolute atomic E-state index is 12.0. The summed E-state index contributed by atoms with van der Waals surface area (Å²) >= 11 is 0. The van der Waals surface area contributed by atoms with E-state index >= 15 is 0 Å². The van der Waals surface area contributed by atoms with Crippen LogP contribution < -0.4 is 4.90 Å². The number of methoxy groups -OCH3 is 1. The van der Waals surface area contributed by atoms with Crippen molar-refractivity contribution < 1.29 is 14.3 Å². The highest BCUT2D eigenvalue weighted by atomic mass is 16.6. The molecule has 0 aliphatic heterocycles. The monoisotopic (exact) mass is 289 g/mol. The first-order chi connectivity index (χ1) is 9.76. The summed E-state index contributed by atoms with van der Waals surface area (Å²) in [6.45, 7) is 9.19. The van der Waals surface area contributed by atoms with E-state index in [1.807, 2.05) is 51.1 Å². The molecule has 4 nitrogen and oxygen atoms in total. The second kappa shape index (κ2) is 6.97. The van der Waals surface area contributed by atoms with E-state index in [1.54, 1.807) is 20.2 Å². The summed E-state index contributed by atoms with van der Waals surface area (Å²) < 4.78 is 10.5. The molecule has 0 spiro atoms. The molecule has 0 aliphatic rings. The van der Waals surface area contributed by atoms with Gasteiger partial charge in [0.05, 0.1) is 7.11 Å². The number of ether oxygens (including phenoxy) is 2. The molecular formula is C17H23NO3. The van der Waals surface area contributed by atoms with Gasteiger partial charge in [0.1, 0.15) is 11.4 Å². The van der Waals surface area contributed by atoms with Crippen molar-refractivity contribution in [2.45, 2.75) is 26.4 Å². The highest BCUT2D eigenvalue weighted by molar-refractivity contribution is 5.87. The van der Waals surface area contributed by atoms with Gasteiger partial charge in [-0.25, -0.2) is 4.79 Å². The quantitative estimate of drug-likeness (QED) is 0.615. The highest BCUT2D eigenvalue weighted by Gasteiger charge is 2.20. The van der Waals surface area contributed by atoms with Crippen molar-refractivity contribution in [3.8, 4) is 0 Å². The molecule has 1 amide bonds. The number of nitrogens with zero attached hydrogens (tertiary/aromatic N) is 1. The minimum atomic E-state index is -0.509. The van der Waals surface area contributed by atoms with Gasteiger partial charge >= 0.3 is 6.09 Å². The molecule has 0 unspecified atom stereocenters. The lowest BCUT2D eigenvalue weighted by atomic mass is 10.1. The fourth-order valence-corrected chi connectivity index (χ4v) is 1.60. The third-order valence-electron chi connectivity index (χ3n) is 2.69. The van der Waals surface area contributed by atoms with Crippen LogP contribution in [0.1, 0.15) is 26.3 Å². The van der Waals surface area contributed by atoms with E-state index in [-0.39, 0.29) is 6.09 Å². The third kappa shape index (κ3) is 5.34. The Morgan fingerprint density at radius 1 is 1.24 bits per heavy atom. The molecule has 0 saturated heterocycles. The molecule has 1 rings (SSSR count). The fourth-order valence-electron chi connectivity index (χ4n) is 1.60. The molecule has 114 valence electrons. The number of allylic oxidation sites excluding steroid dienone is 1. The van der Waals surface area contributed by atoms with Gasteiger partial charge in [-0.05, 0) is 50.6 Å². The third-order valence-corrected chi connectivity index (χ3v) is 2.69. The first-order valence-electron chi connectivity index (χ1n) is 6.71. The number of benzene rings is 1. The topological polar surface area (TPSA) is 38.8 Å². The van der Waals surface area contributed by atoms with Crippen molar-refractivity contribution in [1.29, 1.82) is 0 Å². The number of amides is 1. The summed E-state index contributed by atoms with van der Waals surface area (Å²) in [4.78, 5) is 13.4. The van der Waals surface area contributed by atoms with Crippen molar-refractivity contribution in [2.75, 3.05) is 19.1 Å². The Kier molecular flexibility index (Phi) is 5.59. The van der Waals surface area contributed by atoms with E-state index in [0.717, 1.165) is 11.3 Å². The molecule has 0 bridgehead atoms. The molecular weight excluding hydrogens is 266 g/mol. The Balaban J connectivity index is 2.85. The number of rotatable bonds is 4. The van der Waals surface area contributed by atoms with E-state index in [0.29, 0.717) is 5.76 Å². The summed E-state index contributed by atoms with van der Waals surface area (Å²) in [7, 11) is 3.28. The molecule has 0 aliphatic carbocycles. The van der Waals surface area contributed by atoms with Gasteiger partial charge in [-0.1, -0.05) is 18.7 Å². The SMILES string of the molecule is C=CC(=Cc1ccc(N(C)C(=O)OC(C)(C)C)cc1)OC. The van der Waals surface area contributed by atoms with Crippen LogP contribution in [0.15, 0.2) is 42.7 Å². The largest absolute Gasteiger partial charge is 0.497 e. The minimum absolute atomic E-state index is 0.380. The Bertz CT molecular complexity index is 524. The molecule has 1 aromatic carbocycles. The highest BCUT2D eigenvalue weighted by Crippen LogP contribution is 2.18. The average molecular weight is 289 g/mol. The smallest absolute Gasteiger partial charge is 0.414 e. The molecule has 0 atom stereocenters. The number of hydrogen-bond acceptors (Lipinski definition) is 3. The summed E-state index contributed by atoms with van der Waals surface area (Å²) in [6, 6.07) is 7.51. The molecule has 0 radical (unpaired) electrons. The lowest BCUT2D eigenvalue weighted by molar-refractivity contribution is 0.0589. The van der Waals surface area contributed by atoms with Crippen LogP contribution >= 0.6 is 0 Å². The lowest BCUT2D eigenvalue weighted by Crippen LogP contribution is -2.34. The first-order valence-corrected chi connectivity index (χ1v) is 6.71. The van der Waals surface area contributed by atoms with Crippen LogP contribution in [0.25, 0.3) is 6.08 Å². The normalized spacial score (nSPS) is 11.8. The minimum Gasteiger partial charge on any atom is -0.497 e. The second-order valence-electron chi connectivity index (χ2n) is 5.59. The number of carbonyl (C=O) groups is 1. The van der Waals surface area contributed by atoms with Crippen LogP contribution in [0.4, 0.5) is 10.5 Å². The van der Waals surface area contributed by atoms with Crippen LogP contribution in [0.3, 0.4) is 0 Å². The maximum atomic E-state index is 12.0. The fraction of sp³-hybridized carbons (Fsp3) is 0.353. The predicted molar refractivity (Wildman–Crippen MR) is 86.3 cm³/mol. The molecule has 0 N–H and O–H groups in total. The zero-order valence-electron chi connectivity index (χ0n) is 13.3. The zero-order chi connectivity index (χ0) is 16.0. The van der Waals surface area contributed by atoms with Gasteiger partial charge in [0.25, 0.3) is 0 Å². The van der Waals surface area contributed by atoms with E-state index in [9.17, 15) is 4.79 Å². The number of hydrogen-bond donors (Lipinski definition) is 0. The summed E-state index contributed by atoms with van der Waals surface area (Å²) in [6.07, 6.45) is 3.12. The molecule has 21 heavy (non-hydrogen) atoms. The zero-order valence-corrected chi connectivity index (χ0v) is 13.3. The first kappa shape index (κ1) is 16.8. The van der Waals surface area contributed by atoms with Gasteiger partial charge in [0, 0.05) is 12.7 Å². The van der Waals surface area contributed by atoms with Gasteiger partial charge in [-0.15, -0.1) is 0 Å².